The van der Waals surface area contributed by atoms with Crippen LogP contribution < -0.4 is 5.32 Å². The molecule has 1 aromatic rings. The second-order valence-electron chi connectivity index (χ2n) is 6.73. The number of carbonyl (C=O) groups is 1. The van der Waals surface area contributed by atoms with Crippen LogP contribution >= 0.6 is 0 Å². The van der Waals surface area contributed by atoms with Gasteiger partial charge < -0.3 is 10.4 Å². The van der Waals surface area contributed by atoms with E-state index in [1.807, 2.05) is 24.3 Å². The van der Waals surface area contributed by atoms with E-state index in [9.17, 15) is 9.90 Å². The number of rotatable bonds is 2. The molecule has 0 unspecified atom stereocenters. The molecule has 2 atom stereocenters. The smallest absolute Gasteiger partial charge is 0.251 e. The maximum Gasteiger partial charge on any atom is 0.251 e. The van der Waals surface area contributed by atoms with Gasteiger partial charge in [-0.05, 0) is 29.9 Å². The second-order valence-corrected chi connectivity index (χ2v) is 6.73. The lowest BCUT2D eigenvalue weighted by Gasteiger charge is -2.29. The van der Waals surface area contributed by atoms with Gasteiger partial charge in [0.2, 0.25) is 0 Å². The number of aliphatic hydroxyl groups is 1. The molecule has 2 rings (SSSR count). The van der Waals surface area contributed by atoms with Crippen molar-refractivity contribution in [1.29, 1.82) is 0 Å². The van der Waals surface area contributed by atoms with Gasteiger partial charge in [0, 0.05) is 5.56 Å². The van der Waals surface area contributed by atoms with E-state index in [4.69, 9.17) is 0 Å². The molecule has 3 heteroatoms. The summed E-state index contributed by atoms with van der Waals surface area (Å²) in [7, 11) is 0. The van der Waals surface area contributed by atoms with Crippen LogP contribution in [0.4, 0.5) is 0 Å². The van der Waals surface area contributed by atoms with Crippen LogP contribution in [-0.2, 0) is 5.41 Å². The zero-order chi connectivity index (χ0) is 14.8. The Hall–Kier alpha value is -1.35. The molecule has 2 N–H and O–H groups in total. The maximum atomic E-state index is 12.5. The molecule has 0 saturated heterocycles. The Morgan fingerprint density at radius 2 is 1.85 bits per heavy atom. The van der Waals surface area contributed by atoms with Crippen molar-refractivity contribution in [3.63, 3.8) is 0 Å². The third kappa shape index (κ3) is 3.40. The Balaban J connectivity index is 2.17. The summed E-state index contributed by atoms with van der Waals surface area (Å²) < 4.78 is 0. The summed E-state index contributed by atoms with van der Waals surface area (Å²) in [5.41, 5.74) is 1.69. The number of carbonyl (C=O) groups excluding carboxylic acids is 1. The van der Waals surface area contributed by atoms with Crippen molar-refractivity contribution < 1.29 is 9.90 Å². The molecule has 110 valence electrons. The van der Waals surface area contributed by atoms with E-state index in [1.165, 1.54) is 0 Å². The molecule has 1 aliphatic carbocycles. The fourth-order valence-electron chi connectivity index (χ4n) is 2.86. The van der Waals surface area contributed by atoms with Crippen molar-refractivity contribution in [1.82, 2.24) is 5.32 Å². The fraction of sp³-hybridized carbons (Fsp3) is 0.588. The first-order chi connectivity index (χ1) is 9.39. The highest BCUT2D eigenvalue weighted by Gasteiger charge is 2.27. The molecule has 0 aliphatic heterocycles. The monoisotopic (exact) mass is 275 g/mol. The van der Waals surface area contributed by atoms with Gasteiger partial charge in [-0.2, -0.15) is 0 Å². The maximum absolute atomic E-state index is 12.5. The van der Waals surface area contributed by atoms with Gasteiger partial charge in [0.15, 0.2) is 0 Å². The minimum atomic E-state index is -0.408. The van der Waals surface area contributed by atoms with Crippen LogP contribution in [0.1, 0.15) is 62.4 Å². The third-order valence-electron chi connectivity index (χ3n) is 4.03. The molecule has 0 heterocycles. The highest BCUT2D eigenvalue weighted by Crippen LogP contribution is 2.26. The molecule has 3 nitrogen and oxygen atoms in total. The van der Waals surface area contributed by atoms with Crippen LogP contribution in [0.5, 0.6) is 0 Å². The number of hydrogen-bond donors (Lipinski definition) is 2. The van der Waals surface area contributed by atoms with Crippen molar-refractivity contribution in [2.24, 2.45) is 0 Å². The first kappa shape index (κ1) is 15.0. The predicted octanol–water partition coefficient (Wildman–Crippen LogP) is 3.02. The van der Waals surface area contributed by atoms with Crippen molar-refractivity contribution in [3.05, 3.63) is 35.4 Å². The van der Waals surface area contributed by atoms with Crippen LogP contribution in [0, 0.1) is 0 Å². The number of hydrogen-bond acceptors (Lipinski definition) is 2. The van der Waals surface area contributed by atoms with Gasteiger partial charge in [0.25, 0.3) is 5.91 Å². The third-order valence-corrected chi connectivity index (χ3v) is 4.03. The summed E-state index contributed by atoms with van der Waals surface area (Å²) in [5.74, 6) is -0.0681. The van der Waals surface area contributed by atoms with Gasteiger partial charge in [-0.3, -0.25) is 4.79 Å². The van der Waals surface area contributed by atoms with Crippen molar-refractivity contribution >= 4 is 5.91 Å². The van der Waals surface area contributed by atoms with Crippen LogP contribution in [-0.4, -0.2) is 23.2 Å². The van der Waals surface area contributed by atoms with Gasteiger partial charge in [0.1, 0.15) is 0 Å². The zero-order valence-electron chi connectivity index (χ0n) is 12.6. The van der Waals surface area contributed by atoms with E-state index in [2.05, 4.69) is 26.1 Å². The number of amides is 1. The van der Waals surface area contributed by atoms with Gasteiger partial charge in [0.05, 0.1) is 12.1 Å². The second kappa shape index (κ2) is 5.96. The SMILES string of the molecule is CC(C)(C)c1ccccc1C(=O)N[C@H]1CCCC[C@@H]1O. The van der Waals surface area contributed by atoms with Gasteiger partial charge >= 0.3 is 0 Å². The summed E-state index contributed by atoms with van der Waals surface area (Å²) in [6, 6.07) is 7.62. The Bertz CT molecular complexity index is 476. The fourth-order valence-corrected chi connectivity index (χ4v) is 2.86. The molecule has 0 radical (unpaired) electrons. The minimum absolute atomic E-state index is 0.0681. The number of benzene rings is 1. The quantitative estimate of drug-likeness (QED) is 0.871. The summed E-state index contributed by atoms with van der Waals surface area (Å²) >= 11 is 0. The van der Waals surface area contributed by atoms with Crippen LogP contribution in [0.15, 0.2) is 24.3 Å². The normalized spacial score (nSPS) is 23.4. The average Bonchev–Trinajstić information content (AvgIpc) is 2.40. The molecule has 0 spiro atoms. The van der Waals surface area contributed by atoms with Crippen LogP contribution in [0.2, 0.25) is 0 Å². The van der Waals surface area contributed by atoms with E-state index < -0.39 is 6.10 Å². The predicted molar refractivity (Wildman–Crippen MR) is 80.9 cm³/mol. The lowest BCUT2D eigenvalue weighted by Crippen LogP contribution is -2.45. The summed E-state index contributed by atoms with van der Waals surface area (Å²) in [4.78, 5) is 12.5. The summed E-state index contributed by atoms with van der Waals surface area (Å²) in [6.45, 7) is 6.32. The highest BCUT2D eigenvalue weighted by molar-refractivity contribution is 5.96. The molecule has 1 saturated carbocycles. The van der Waals surface area contributed by atoms with E-state index in [0.717, 1.165) is 36.8 Å². The van der Waals surface area contributed by atoms with E-state index in [-0.39, 0.29) is 17.4 Å². The van der Waals surface area contributed by atoms with E-state index in [0.29, 0.717) is 0 Å². The zero-order valence-corrected chi connectivity index (χ0v) is 12.6. The average molecular weight is 275 g/mol. The molecule has 1 amide bonds. The number of aliphatic hydroxyl groups excluding tert-OH is 1. The Morgan fingerprint density at radius 1 is 1.20 bits per heavy atom. The molecule has 1 aliphatic rings. The Kier molecular flexibility index (Phi) is 4.48. The molecular formula is C17H25NO2. The lowest BCUT2D eigenvalue weighted by molar-refractivity contribution is 0.0716. The van der Waals surface area contributed by atoms with Gasteiger partial charge in [-0.15, -0.1) is 0 Å². The molecule has 20 heavy (non-hydrogen) atoms. The van der Waals surface area contributed by atoms with E-state index in [1.54, 1.807) is 0 Å². The molecule has 0 bridgehead atoms. The molecule has 1 fully saturated rings. The number of nitrogens with one attached hydrogen (secondary N) is 1. The van der Waals surface area contributed by atoms with Crippen molar-refractivity contribution in [2.75, 3.05) is 0 Å². The molecule has 0 aromatic heterocycles. The highest BCUT2D eigenvalue weighted by atomic mass is 16.3. The first-order valence-electron chi connectivity index (χ1n) is 7.48. The topological polar surface area (TPSA) is 49.3 Å². The first-order valence-corrected chi connectivity index (χ1v) is 7.48. The largest absolute Gasteiger partial charge is 0.391 e. The standard InChI is InChI=1S/C17H25NO2/c1-17(2,3)13-9-5-4-8-12(13)16(20)18-14-10-6-7-11-15(14)19/h4-5,8-9,14-15,19H,6-7,10-11H2,1-3H3,(H,18,20)/t14-,15-/m0/s1. The minimum Gasteiger partial charge on any atom is -0.391 e. The van der Waals surface area contributed by atoms with Crippen molar-refractivity contribution in [2.45, 2.75) is 64.0 Å². The van der Waals surface area contributed by atoms with Crippen LogP contribution in [0.25, 0.3) is 0 Å². The molecule has 1 aromatic carbocycles. The lowest BCUT2D eigenvalue weighted by atomic mass is 9.83. The Labute approximate surface area is 121 Å². The van der Waals surface area contributed by atoms with Crippen molar-refractivity contribution in [3.8, 4) is 0 Å². The summed E-state index contributed by atoms with van der Waals surface area (Å²) in [6.07, 6.45) is 3.36. The van der Waals surface area contributed by atoms with E-state index >= 15 is 0 Å². The molecular weight excluding hydrogens is 250 g/mol. The Morgan fingerprint density at radius 3 is 2.50 bits per heavy atom. The summed E-state index contributed by atoms with van der Waals surface area (Å²) in [5, 5.41) is 13.0. The van der Waals surface area contributed by atoms with Gasteiger partial charge in [-0.25, -0.2) is 0 Å². The van der Waals surface area contributed by atoms with Gasteiger partial charge in [-0.1, -0.05) is 51.8 Å². The van der Waals surface area contributed by atoms with Crippen LogP contribution in [0.3, 0.4) is 0 Å².